The minimum Gasteiger partial charge on any atom is -0.423 e. The zero-order valence-corrected chi connectivity index (χ0v) is 20.3. The van der Waals surface area contributed by atoms with Gasteiger partial charge >= 0.3 is 5.97 Å². The quantitative estimate of drug-likeness (QED) is 0.420. The van der Waals surface area contributed by atoms with Crippen molar-refractivity contribution in [2.75, 3.05) is 6.61 Å². The van der Waals surface area contributed by atoms with Gasteiger partial charge in [-0.05, 0) is 66.9 Å². The summed E-state index contributed by atoms with van der Waals surface area (Å²) >= 11 is 3.42. The molecule has 0 radical (unpaired) electrons. The summed E-state index contributed by atoms with van der Waals surface area (Å²) in [7, 11) is 0. The zero-order chi connectivity index (χ0) is 23.1. The van der Waals surface area contributed by atoms with Crippen LogP contribution in [-0.4, -0.2) is 28.9 Å². The molecule has 0 amide bonds. The number of carbonyl (C=O) groups excluding carboxylic acids is 1. The summed E-state index contributed by atoms with van der Waals surface area (Å²) < 4.78 is 6.44. The number of fused-ring (bicyclic) bond motifs is 1. The number of benzene rings is 1. The van der Waals surface area contributed by atoms with Crippen molar-refractivity contribution in [1.29, 1.82) is 0 Å². The van der Waals surface area contributed by atoms with Gasteiger partial charge in [-0.2, -0.15) is 0 Å². The Kier molecular flexibility index (Phi) is 6.36. The predicted molar refractivity (Wildman–Crippen MR) is 129 cm³/mol. The van der Waals surface area contributed by atoms with Gasteiger partial charge in [0, 0.05) is 15.8 Å². The molecule has 4 nitrogen and oxygen atoms in total. The van der Waals surface area contributed by atoms with Gasteiger partial charge in [0.15, 0.2) is 0 Å². The molecule has 0 aromatic heterocycles. The van der Waals surface area contributed by atoms with Crippen LogP contribution in [0.2, 0.25) is 0 Å². The average molecular weight is 499 g/mol. The van der Waals surface area contributed by atoms with Crippen molar-refractivity contribution in [3.05, 3.63) is 76.0 Å². The Labute approximate surface area is 198 Å². The molecule has 2 N–H and O–H groups in total. The minimum atomic E-state index is -0.522. The fourth-order valence-corrected chi connectivity index (χ4v) is 6.27. The highest BCUT2D eigenvalue weighted by Crippen LogP contribution is 2.61. The van der Waals surface area contributed by atoms with E-state index in [0.29, 0.717) is 17.8 Å². The van der Waals surface area contributed by atoms with Gasteiger partial charge in [0.25, 0.3) is 0 Å². The van der Waals surface area contributed by atoms with Crippen LogP contribution in [0.5, 0.6) is 0 Å². The minimum absolute atomic E-state index is 0.0287. The van der Waals surface area contributed by atoms with E-state index in [-0.39, 0.29) is 29.8 Å². The summed E-state index contributed by atoms with van der Waals surface area (Å²) in [5.41, 5.74) is 1.98. The summed E-state index contributed by atoms with van der Waals surface area (Å²) in [6, 6.07) is 7.80. The van der Waals surface area contributed by atoms with Crippen molar-refractivity contribution in [3.63, 3.8) is 0 Å². The molecular formula is C27H31BrO4. The third kappa shape index (κ3) is 4.07. The summed E-state index contributed by atoms with van der Waals surface area (Å²) in [6.45, 7) is 8.56. The SMILES string of the molecule is C=C1CCC2[C@](C)(CO)[C@H](O)CC[C@@]2(C)[C@@H]1/C=C/C1=CC(=C\c2ccc(Br)cc2)/OC1=O. The molecule has 1 aliphatic heterocycles. The van der Waals surface area contributed by atoms with Crippen LogP contribution in [0.1, 0.15) is 45.1 Å². The lowest BCUT2D eigenvalue weighted by Crippen LogP contribution is -2.57. The largest absolute Gasteiger partial charge is 0.423 e. The number of aliphatic hydroxyl groups is 2. The van der Waals surface area contributed by atoms with Crippen molar-refractivity contribution in [2.24, 2.45) is 22.7 Å². The highest BCUT2D eigenvalue weighted by atomic mass is 79.9. The first kappa shape index (κ1) is 23.2. The second kappa shape index (κ2) is 8.77. The first-order chi connectivity index (χ1) is 15.2. The number of esters is 1. The molecule has 1 unspecified atom stereocenters. The van der Waals surface area contributed by atoms with E-state index in [2.05, 4.69) is 35.5 Å². The maximum Gasteiger partial charge on any atom is 0.343 e. The van der Waals surface area contributed by atoms with Gasteiger partial charge in [-0.3, -0.25) is 0 Å². The molecule has 170 valence electrons. The van der Waals surface area contributed by atoms with Crippen LogP contribution in [0.3, 0.4) is 0 Å². The number of hydrogen-bond acceptors (Lipinski definition) is 4. The van der Waals surface area contributed by atoms with E-state index in [4.69, 9.17) is 4.74 Å². The highest BCUT2D eigenvalue weighted by molar-refractivity contribution is 9.10. The maximum atomic E-state index is 12.5. The number of aliphatic hydroxyl groups excluding tert-OH is 2. The monoisotopic (exact) mass is 498 g/mol. The predicted octanol–water partition coefficient (Wildman–Crippen LogP) is 5.57. The van der Waals surface area contributed by atoms with E-state index in [1.54, 1.807) is 6.08 Å². The molecule has 32 heavy (non-hydrogen) atoms. The molecular weight excluding hydrogens is 468 g/mol. The van der Waals surface area contributed by atoms with Crippen LogP contribution in [0.4, 0.5) is 0 Å². The van der Waals surface area contributed by atoms with E-state index in [0.717, 1.165) is 34.9 Å². The second-order valence-electron chi connectivity index (χ2n) is 9.90. The van der Waals surface area contributed by atoms with Gasteiger partial charge in [-0.25, -0.2) is 4.79 Å². The number of hydrogen-bond donors (Lipinski definition) is 2. The fraction of sp³-hybridized carbons (Fsp3) is 0.444. The van der Waals surface area contributed by atoms with Crippen molar-refractivity contribution in [3.8, 4) is 0 Å². The third-order valence-electron chi connectivity index (χ3n) is 7.95. The molecule has 1 heterocycles. The molecule has 0 spiro atoms. The van der Waals surface area contributed by atoms with E-state index in [9.17, 15) is 15.0 Å². The molecule has 5 atom stereocenters. The lowest BCUT2D eigenvalue weighted by Gasteiger charge is -2.59. The number of carbonyl (C=O) groups is 1. The van der Waals surface area contributed by atoms with Gasteiger partial charge in [-0.1, -0.05) is 66.2 Å². The van der Waals surface area contributed by atoms with Crippen LogP contribution < -0.4 is 0 Å². The summed E-state index contributed by atoms with van der Waals surface area (Å²) in [5.74, 6) is 0.429. The molecule has 5 heteroatoms. The topological polar surface area (TPSA) is 66.8 Å². The zero-order valence-electron chi connectivity index (χ0n) is 18.7. The van der Waals surface area contributed by atoms with Gasteiger partial charge in [0.2, 0.25) is 0 Å². The number of halogens is 1. The number of rotatable bonds is 4. The molecule has 1 aromatic carbocycles. The van der Waals surface area contributed by atoms with Crippen molar-refractivity contribution < 1.29 is 19.7 Å². The number of allylic oxidation sites excluding steroid dienone is 3. The van der Waals surface area contributed by atoms with Gasteiger partial charge in [0.1, 0.15) is 5.76 Å². The van der Waals surface area contributed by atoms with Gasteiger partial charge in [0.05, 0.1) is 18.3 Å². The molecule has 2 saturated carbocycles. The maximum absolute atomic E-state index is 12.5. The summed E-state index contributed by atoms with van der Waals surface area (Å²) in [6.07, 6.45) is 10.4. The van der Waals surface area contributed by atoms with E-state index in [1.807, 2.05) is 43.3 Å². The van der Waals surface area contributed by atoms with Crippen molar-refractivity contribution in [2.45, 2.75) is 45.6 Å². The van der Waals surface area contributed by atoms with Crippen LogP contribution in [0, 0.1) is 22.7 Å². The average Bonchev–Trinajstić information content (AvgIpc) is 3.11. The Morgan fingerprint density at radius 1 is 1.25 bits per heavy atom. The lowest BCUT2D eigenvalue weighted by molar-refractivity contribution is -0.145. The summed E-state index contributed by atoms with van der Waals surface area (Å²) in [5, 5.41) is 20.8. The van der Waals surface area contributed by atoms with Gasteiger partial charge in [-0.15, -0.1) is 0 Å². The molecule has 0 saturated heterocycles. The second-order valence-corrected chi connectivity index (χ2v) is 10.8. The Morgan fingerprint density at radius 2 is 1.97 bits per heavy atom. The lowest BCUT2D eigenvalue weighted by atomic mass is 9.46. The van der Waals surface area contributed by atoms with Crippen LogP contribution in [-0.2, 0) is 9.53 Å². The normalized spacial score (nSPS) is 36.3. The number of cyclic esters (lactones) is 1. The van der Waals surface area contributed by atoms with Crippen molar-refractivity contribution in [1.82, 2.24) is 0 Å². The molecule has 4 rings (SSSR count). The van der Waals surface area contributed by atoms with E-state index < -0.39 is 11.5 Å². The molecule has 0 bridgehead atoms. The van der Waals surface area contributed by atoms with Crippen molar-refractivity contribution >= 4 is 28.0 Å². The smallest absolute Gasteiger partial charge is 0.343 e. The summed E-state index contributed by atoms with van der Waals surface area (Å²) in [4.78, 5) is 12.5. The first-order valence-corrected chi connectivity index (χ1v) is 12.0. The Morgan fingerprint density at radius 3 is 2.66 bits per heavy atom. The van der Waals surface area contributed by atoms with Crippen LogP contribution in [0.25, 0.3) is 6.08 Å². The van der Waals surface area contributed by atoms with E-state index >= 15 is 0 Å². The van der Waals surface area contributed by atoms with Gasteiger partial charge < -0.3 is 14.9 Å². The van der Waals surface area contributed by atoms with Crippen LogP contribution in [0.15, 0.2) is 70.5 Å². The Hall–Kier alpha value is -1.95. The number of ether oxygens (including phenoxy) is 1. The highest BCUT2D eigenvalue weighted by Gasteiger charge is 2.57. The molecule has 3 aliphatic rings. The van der Waals surface area contributed by atoms with Crippen LogP contribution >= 0.6 is 15.9 Å². The fourth-order valence-electron chi connectivity index (χ4n) is 6.01. The Bertz CT molecular complexity index is 1000. The van der Waals surface area contributed by atoms with E-state index in [1.165, 1.54) is 0 Å². The Balaban J connectivity index is 1.59. The molecule has 1 aromatic rings. The molecule has 2 fully saturated rings. The third-order valence-corrected chi connectivity index (χ3v) is 8.47. The standard InChI is InChI=1S/C27H31BrO4/c1-17-4-11-23-26(2,13-12-24(30)27(23,3)16-29)22(17)10-7-19-15-21(32-25(19)31)14-18-5-8-20(28)9-6-18/h5-10,14-15,22-24,29-30H,1,4,11-13,16H2,2-3H3/b10-7+,21-14+/t22-,23?,24-,26+,27+/m1/s1. The molecule has 2 aliphatic carbocycles. The first-order valence-electron chi connectivity index (χ1n) is 11.2.